The summed E-state index contributed by atoms with van der Waals surface area (Å²) in [6.45, 7) is 6.95. The smallest absolute Gasteiger partial charge is 0.353 e. The van der Waals surface area contributed by atoms with Crippen molar-refractivity contribution >= 4 is 11.9 Å². The quantitative estimate of drug-likeness (QED) is 0.393. The monoisotopic (exact) mass is 324 g/mol. The van der Waals surface area contributed by atoms with Gasteiger partial charge in [0, 0.05) is 0 Å². The van der Waals surface area contributed by atoms with E-state index in [0.29, 0.717) is 6.42 Å². The summed E-state index contributed by atoms with van der Waals surface area (Å²) in [5.74, 6) is -5.36. The molecular formula is C17H24O6. The van der Waals surface area contributed by atoms with Gasteiger partial charge in [-0.25, -0.2) is 0 Å². The first-order valence-corrected chi connectivity index (χ1v) is 7.57. The molecule has 0 aromatic rings. The molecule has 128 valence electrons. The van der Waals surface area contributed by atoms with Gasteiger partial charge in [-0.3, -0.25) is 9.59 Å². The van der Waals surface area contributed by atoms with Crippen LogP contribution in [0.2, 0.25) is 0 Å². The van der Waals surface area contributed by atoms with Gasteiger partial charge in [0.15, 0.2) is 5.41 Å². The predicted octanol–water partition coefficient (Wildman–Crippen LogP) is 2.28. The number of esters is 1. The summed E-state index contributed by atoms with van der Waals surface area (Å²) in [5, 5.41) is 29.4. The molecule has 0 aliphatic heterocycles. The number of carbonyl (C=O) groups excluding carboxylic acids is 1. The lowest BCUT2D eigenvalue weighted by Gasteiger charge is -2.30. The maximum atomic E-state index is 12.2. The van der Waals surface area contributed by atoms with Crippen LogP contribution in [0.5, 0.6) is 0 Å². The van der Waals surface area contributed by atoms with Crippen LogP contribution in [0.1, 0.15) is 47.0 Å². The van der Waals surface area contributed by atoms with Gasteiger partial charge in [0.05, 0.1) is 5.57 Å². The van der Waals surface area contributed by atoms with Gasteiger partial charge < -0.3 is 20.1 Å². The lowest BCUT2D eigenvalue weighted by molar-refractivity contribution is -0.297. The summed E-state index contributed by atoms with van der Waals surface area (Å²) in [5.41, 5.74) is 0.331. The molecule has 23 heavy (non-hydrogen) atoms. The van der Waals surface area contributed by atoms with Crippen molar-refractivity contribution in [2.75, 3.05) is 0 Å². The van der Waals surface area contributed by atoms with E-state index >= 15 is 0 Å². The third-order valence-electron chi connectivity index (χ3n) is 4.27. The predicted molar refractivity (Wildman–Crippen MR) is 84.1 cm³/mol. The van der Waals surface area contributed by atoms with Gasteiger partial charge in [0.25, 0.3) is 0 Å². The van der Waals surface area contributed by atoms with Gasteiger partial charge in [0.2, 0.25) is 0 Å². The summed E-state index contributed by atoms with van der Waals surface area (Å²) in [6.07, 6.45) is 5.15. The Hall–Kier alpha value is -1.92. The van der Waals surface area contributed by atoms with Crippen molar-refractivity contribution in [3.05, 3.63) is 34.9 Å². The highest BCUT2D eigenvalue weighted by molar-refractivity contribution is 5.99. The lowest BCUT2D eigenvalue weighted by atomic mass is 9.82. The second kappa shape index (κ2) is 7.10. The average molecular weight is 324 g/mol. The van der Waals surface area contributed by atoms with Crippen LogP contribution in [-0.4, -0.2) is 33.2 Å². The number of carboxylic acids is 1. The number of allylic oxidation sites excluding steroid dienone is 4. The molecule has 0 saturated heterocycles. The summed E-state index contributed by atoms with van der Waals surface area (Å²) in [4.78, 5) is 23.6. The molecule has 6 heteroatoms. The molecule has 0 aromatic heterocycles. The molecular weight excluding hydrogens is 300 g/mol. The minimum atomic E-state index is -2.86. The minimum Gasteiger partial charge on any atom is -0.480 e. The fraction of sp³-hybridized carbons (Fsp3) is 0.529. The minimum absolute atomic E-state index is 0.00217. The highest BCUT2D eigenvalue weighted by Gasteiger charge is 2.48. The molecule has 1 aliphatic carbocycles. The highest BCUT2D eigenvalue weighted by Crippen LogP contribution is 2.32. The SMILES string of the molecule is CCC(CC)(C(=O)O)C(=O)OC(O)(O)C1=CCC(=C(C)C)C=C1. The van der Waals surface area contributed by atoms with Gasteiger partial charge in [0.1, 0.15) is 0 Å². The van der Waals surface area contributed by atoms with Crippen molar-refractivity contribution in [1.29, 1.82) is 0 Å². The normalized spacial score (nSPS) is 15.2. The zero-order chi connectivity index (χ0) is 17.8. The molecule has 1 aliphatic rings. The Balaban J connectivity index is 2.99. The first kappa shape index (κ1) is 19.1. The molecule has 1 rings (SSSR count). The van der Waals surface area contributed by atoms with E-state index in [1.807, 2.05) is 13.8 Å². The van der Waals surface area contributed by atoms with E-state index in [2.05, 4.69) is 0 Å². The van der Waals surface area contributed by atoms with Gasteiger partial charge in [-0.05, 0) is 44.8 Å². The van der Waals surface area contributed by atoms with E-state index in [0.717, 1.165) is 11.1 Å². The fourth-order valence-electron chi connectivity index (χ4n) is 2.37. The number of ether oxygens (including phenoxy) is 1. The molecule has 0 aromatic carbocycles. The molecule has 0 unspecified atom stereocenters. The summed E-state index contributed by atoms with van der Waals surface area (Å²) in [7, 11) is 0. The Bertz CT molecular complexity index is 572. The third kappa shape index (κ3) is 3.89. The maximum Gasteiger partial charge on any atom is 0.353 e. The zero-order valence-corrected chi connectivity index (χ0v) is 13.9. The van der Waals surface area contributed by atoms with Crippen molar-refractivity contribution in [2.45, 2.75) is 52.9 Å². The van der Waals surface area contributed by atoms with E-state index < -0.39 is 23.3 Å². The fourth-order valence-corrected chi connectivity index (χ4v) is 2.37. The Labute approximate surface area is 135 Å². The van der Waals surface area contributed by atoms with Crippen LogP contribution >= 0.6 is 0 Å². The Kier molecular flexibility index (Phi) is 5.91. The Morgan fingerprint density at radius 3 is 2.09 bits per heavy atom. The van der Waals surface area contributed by atoms with Crippen LogP contribution < -0.4 is 0 Å². The lowest BCUT2D eigenvalue weighted by Crippen LogP contribution is -2.46. The molecule has 6 nitrogen and oxygen atoms in total. The van der Waals surface area contributed by atoms with Crippen LogP contribution in [0.25, 0.3) is 0 Å². The third-order valence-corrected chi connectivity index (χ3v) is 4.27. The van der Waals surface area contributed by atoms with E-state index in [1.54, 1.807) is 6.08 Å². The van der Waals surface area contributed by atoms with Crippen LogP contribution in [0.15, 0.2) is 34.9 Å². The molecule has 0 spiro atoms. The first-order chi connectivity index (χ1) is 10.6. The first-order valence-electron chi connectivity index (χ1n) is 7.57. The van der Waals surface area contributed by atoms with Gasteiger partial charge in [-0.2, -0.15) is 0 Å². The molecule has 0 radical (unpaired) electrons. The summed E-state index contributed by atoms with van der Waals surface area (Å²) < 4.78 is 4.74. The van der Waals surface area contributed by atoms with E-state index in [4.69, 9.17) is 4.74 Å². The van der Waals surface area contributed by atoms with Crippen LogP contribution in [0.3, 0.4) is 0 Å². The number of rotatable bonds is 6. The van der Waals surface area contributed by atoms with Crippen molar-refractivity contribution in [3.63, 3.8) is 0 Å². The number of carbonyl (C=O) groups is 2. The average Bonchev–Trinajstić information content (AvgIpc) is 2.48. The number of hydrogen-bond donors (Lipinski definition) is 3. The van der Waals surface area contributed by atoms with Gasteiger partial charge >= 0.3 is 17.9 Å². The van der Waals surface area contributed by atoms with Crippen LogP contribution in [-0.2, 0) is 14.3 Å². The number of hydrogen-bond acceptors (Lipinski definition) is 5. The molecule has 0 amide bonds. The van der Waals surface area contributed by atoms with Gasteiger partial charge in [-0.15, -0.1) is 0 Å². The highest BCUT2D eigenvalue weighted by atomic mass is 16.8. The molecule has 3 N–H and O–H groups in total. The largest absolute Gasteiger partial charge is 0.480 e. The van der Waals surface area contributed by atoms with E-state index in [9.17, 15) is 24.9 Å². The standard InChI is InChI=1S/C17H24O6/c1-5-16(6-2,14(18)19)15(20)23-17(21,22)13-9-7-12(8-10-13)11(3)4/h7,9-10,21-22H,5-6,8H2,1-4H3,(H,18,19). The van der Waals surface area contributed by atoms with Crippen molar-refractivity contribution < 1.29 is 29.6 Å². The second-order valence-electron chi connectivity index (χ2n) is 5.81. The molecule has 0 bridgehead atoms. The molecule has 0 heterocycles. The van der Waals surface area contributed by atoms with E-state index in [-0.39, 0.29) is 18.4 Å². The van der Waals surface area contributed by atoms with Gasteiger partial charge in [-0.1, -0.05) is 31.6 Å². The second-order valence-corrected chi connectivity index (χ2v) is 5.81. The Morgan fingerprint density at radius 1 is 1.17 bits per heavy atom. The number of carboxylic acid groups (broad SMARTS) is 1. The van der Waals surface area contributed by atoms with Crippen molar-refractivity contribution in [1.82, 2.24) is 0 Å². The Morgan fingerprint density at radius 2 is 1.74 bits per heavy atom. The summed E-state index contributed by atoms with van der Waals surface area (Å²) >= 11 is 0. The number of aliphatic carboxylic acids is 1. The van der Waals surface area contributed by atoms with E-state index in [1.165, 1.54) is 26.0 Å². The molecule has 0 atom stereocenters. The molecule has 0 fully saturated rings. The topological polar surface area (TPSA) is 104 Å². The maximum absolute atomic E-state index is 12.2. The van der Waals surface area contributed by atoms with Crippen LogP contribution in [0.4, 0.5) is 0 Å². The number of aliphatic hydroxyl groups is 2. The van der Waals surface area contributed by atoms with Crippen molar-refractivity contribution in [3.8, 4) is 0 Å². The van der Waals surface area contributed by atoms with Crippen molar-refractivity contribution in [2.24, 2.45) is 5.41 Å². The zero-order valence-electron chi connectivity index (χ0n) is 13.9. The molecule has 0 saturated carbocycles. The van der Waals surface area contributed by atoms with Crippen LogP contribution in [0, 0.1) is 5.41 Å². The summed E-state index contributed by atoms with van der Waals surface area (Å²) in [6, 6.07) is 0.